The maximum absolute atomic E-state index is 12.2. The Balaban J connectivity index is 2.88. The highest BCUT2D eigenvalue weighted by molar-refractivity contribution is 6.03. The zero-order valence-corrected chi connectivity index (χ0v) is 10.3. The van der Waals surface area contributed by atoms with Gasteiger partial charge >= 0.3 is 18.1 Å². The van der Waals surface area contributed by atoms with Crippen molar-refractivity contribution in [2.45, 2.75) is 18.6 Å². The van der Waals surface area contributed by atoms with Crippen molar-refractivity contribution in [3.05, 3.63) is 24.0 Å². The van der Waals surface area contributed by atoms with Crippen LogP contribution in [0.2, 0.25) is 0 Å². The maximum Gasteiger partial charge on any atom is 0.471 e. The molecule has 0 unspecified atom stereocenters. The lowest BCUT2D eigenvalue weighted by Gasteiger charge is -2.17. The van der Waals surface area contributed by atoms with E-state index in [-0.39, 0.29) is 5.56 Å². The highest BCUT2D eigenvalue weighted by Gasteiger charge is 2.41. The number of ketones is 1. The first-order chi connectivity index (χ1) is 9.25. The normalized spacial score (nSPS) is 12.6. The Morgan fingerprint density at radius 3 is 2.50 bits per heavy atom. The minimum atomic E-state index is -5.15. The van der Waals surface area contributed by atoms with Crippen LogP contribution in [-0.4, -0.2) is 42.0 Å². The molecule has 0 fully saturated rings. The third-order valence-electron chi connectivity index (χ3n) is 2.36. The van der Waals surface area contributed by atoms with Crippen LogP contribution >= 0.6 is 0 Å². The third kappa shape index (κ3) is 4.11. The average Bonchev–Trinajstić information content (AvgIpc) is 2.89. The summed E-state index contributed by atoms with van der Waals surface area (Å²) >= 11 is 0. The molecule has 0 aliphatic rings. The van der Waals surface area contributed by atoms with Crippen molar-refractivity contribution >= 4 is 17.7 Å². The predicted octanol–water partition coefficient (Wildman–Crippen LogP) is 0.808. The van der Waals surface area contributed by atoms with Gasteiger partial charge in [0.1, 0.15) is 6.04 Å². The quantitative estimate of drug-likeness (QED) is 0.621. The number of hydrogen-bond donors (Lipinski definition) is 2. The molecule has 20 heavy (non-hydrogen) atoms. The van der Waals surface area contributed by atoms with Crippen molar-refractivity contribution in [3.8, 4) is 0 Å². The summed E-state index contributed by atoms with van der Waals surface area (Å²) in [5.74, 6) is -4.04. The fourth-order valence-electron chi connectivity index (χ4n) is 1.38. The van der Waals surface area contributed by atoms with Gasteiger partial charge < -0.3 is 15.0 Å². The molecule has 0 aliphatic heterocycles. The van der Waals surface area contributed by atoms with Gasteiger partial charge in [0, 0.05) is 18.0 Å². The molecular formula is C11H11F3N2O4. The number of aromatic amines is 1. The molecule has 0 saturated heterocycles. The first kappa shape index (κ1) is 15.7. The first-order valence-corrected chi connectivity index (χ1v) is 5.37. The topological polar surface area (TPSA) is 88.3 Å². The Labute approximate surface area is 111 Å². The number of carbonyl (C=O) groups excluding carboxylic acids is 3. The molecular weight excluding hydrogens is 281 g/mol. The van der Waals surface area contributed by atoms with Gasteiger partial charge in [-0.25, -0.2) is 0 Å². The number of hydrogen-bond acceptors (Lipinski definition) is 4. The zero-order valence-electron chi connectivity index (χ0n) is 10.3. The molecule has 0 bridgehead atoms. The fraction of sp³-hybridized carbons (Fsp3) is 0.364. The Kier molecular flexibility index (Phi) is 4.89. The standard InChI is InChI=1S/C11H11F3N2O4/c1-20-8(17)4-7(16-10(19)11(12,13)14)9(18)6-2-3-15-5-6/h2-3,5,7,15H,4H2,1H3,(H,16,19)/t7-/m0/s1. The summed E-state index contributed by atoms with van der Waals surface area (Å²) in [6.07, 6.45) is -3.21. The number of alkyl halides is 3. The lowest BCUT2D eigenvalue weighted by atomic mass is 10.0. The van der Waals surface area contributed by atoms with Gasteiger partial charge in [-0.3, -0.25) is 14.4 Å². The lowest BCUT2D eigenvalue weighted by molar-refractivity contribution is -0.174. The van der Waals surface area contributed by atoms with Gasteiger partial charge in [0.25, 0.3) is 0 Å². The molecule has 1 rings (SSSR count). The minimum Gasteiger partial charge on any atom is -0.469 e. The summed E-state index contributed by atoms with van der Waals surface area (Å²) in [4.78, 5) is 36.4. The van der Waals surface area contributed by atoms with Crippen LogP contribution in [0.1, 0.15) is 16.8 Å². The van der Waals surface area contributed by atoms with Crippen LogP contribution in [0.3, 0.4) is 0 Å². The van der Waals surface area contributed by atoms with Gasteiger partial charge in [-0.05, 0) is 6.07 Å². The second kappa shape index (κ2) is 6.22. The number of Topliss-reactive ketones (excluding diaryl/α,β-unsaturated/α-hetero) is 1. The molecule has 1 aromatic heterocycles. The summed E-state index contributed by atoms with van der Waals surface area (Å²) in [5.41, 5.74) is 0.0429. The van der Waals surface area contributed by atoms with E-state index in [9.17, 15) is 27.6 Å². The van der Waals surface area contributed by atoms with Crippen LogP contribution in [-0.2, 0) is 14.3 Å². The Hall–Kier alpha value is -2.32. The SMILES string of the molecule is COC(=O)C[C@H](NC(=O)C(F)(F)F)C(=O)c1cc[nH]c1. The van der Waals surface area contributed by atoms with E-state index in [1.165, 1.54) is 23.8 Å². The van der Waals surface area contributed by atoms with E-state index in [0.29, 0.717) is 0 Å². The summed E-state index contributed by atoms with van der Waals surface area (Å²) in [5, 5.41) is 1.48. The molecule has 0 saturated carbocycles. The van der Waals surface area contributed by atoms with Crippen LogP contribution in [0.4, 0.5) is 13.2 Å². The molecule has 0 aromatic carbocycles. The second-order valence-corrected chi connectivity index (χ2v) is 3.77. The van der Waals surface area contributed by atoms with E-state index in [4.69, 9.17) is 0 Å². The number of ether oxygens (including phenoxy) is 1. The van der Waals surface area contributed by atoms with E-state index in [0.717, 1.165) is 7.11 Å². The third-order valence-corrected chi connectivity index (χ3v) is 2.36. The average molecular weight is 292 g/mol. The number of aromatic nitrogens is 1. The van der Waals surface area contributed by atoms with E-state index >= 15 is 0 Å². The zero-order chi connectivity index (χ0) is 15.3. The van der Waals surface area contributed by atoms with Crippen LogP contribution in [0.15, 0.2) is 18.5 Å². The molecule has 6 nitrogen and oxygen atoms in total. The second-order valence-electron chi connectivity index (χ2n) is 3.77. The molecule has 0 aliphatic carbocycles. The van der Waals surface area contributed by atoms with Gasteiger partial charge in [0.15, 0.2) is 5.78 Å². The van der Waals surface area contributed by atoms with Crippen molar-refractivity contribution < 1.29 is 32.3 Å². The number of amides is 1. The van der Waals surface area contributed by atoms with E-state index in [1.807, 2.05) is 0 Å². The highest BCUT2D eigenvalue weighted by Crippen LogP contribution is 2.16. The number of rotatable bonds is 5. The van der Waals surface area contributed by atoms with Gasteiger partial charge in [-0.2, -0.15) is 13.2 Å². The van der Waals surface area contributed by atoms with Crippen LogP contribution in [0, 0.1) is 0 Å². The molecule has 1 amide bonds. The van der Waals surface area contributed by atoms with E-state index in [2.05, 4.69) is 9.72 Å². The van der Waals surface area contributed by atoms with Gasteiger partial charge in [-0.1, -0.05) is 0 Å². The van der Waals surface area contributed by atoms with Crippen LogP contribution in [0.25, 0.3) is 0 Å². The monoisotopic (exact) mass is 292 g/mol. The number of esters is 1. The summed E-state index contributed by atoms with van der Waals surface area (Å²) in [7, 11) is 1.02. The van der Waals surface area contributed by atoms with Crippen molar-refractivity contribution in [2.75, 3.05) is 7.11 Å². The Morgan fingerprint density at radius 2 is 2.05 bits per heavy atom. The number of halogens is 3. The van der Waals surface area contributed by atoms with Gasteiger partial charge in [0.2, 0.25) is 0 Å². The van der Waals surface area contributed by atoms with Gasteiger partial charge in [0.05, 0.1) is 13.5 Å². The fourth-order valence-corrected chi connectivity index (χ4v) is 1.38. The minimum absolute atomic E-state index is 0.0429. The number of H-pyrrole nitrogens is 1. The first-order valence-electron chi connectivity index (χ1n) is 5.37. The van der Waals surface area contributed by atoms with Crippen LogP contribution in [0.5, 0.6) is 0 Å². The van der Waals surface area contributed by atoms with E-state index in [1.54, 1.807) is 0 Å². The largest absolute Gasteiger partial charge is 0.471 e. The maximum atomic E-state index is 12.2. The molecule has 1 atom stereocenters. The Bertz CT molecular complexity index is 496. The molecule has 0 radical (unpaired) electrons. The molecule has 9 heteroatoms. The lowest BCUT2D eigenvalue weighted by Crippen LogP contribution is -2.47. The number of carbonyl (C=O) groups is 3. The van der Waals surface area contributed by atoms with E-state index < -0.39 is 36.3 Å². The smallest absolute Gasteiger partial charge is 0.469 e. The summed E-state index contributed by atoms with van der Waals surface area (Å²) in [6, 6.07) is -0.334. The van der Waals surface area contributed by atoms with Crippen LogP contribution < -0.4 is 5.32 Å². The Morgan fingerprint density at radius 1 is 1.40 bits per heavy atom. The molecule has 1 heterocycles. The molecule has 2 N–H and O–H groups in total. The molecule has 110 valence electrons. The van der Waals surface area contributed by atoms with Crippen molar-refractivity contribution in [1.29, 1.82) is 0 Å². The van der Waals surface area contributed by atoms with Gasteiger partial charge in [-0.15, -0.1) is 0 Å². The highest BCUT2D eigenvalue weighted by atomic mass is 19.4. The molecule has 0 spiro atoms. The predicted molar refractivity (Wildman–Crippen MR) is 59.7 cm³/mol. The number of nitrogens with one attached hydrogen (secondary N) is 2. The van der Waals surface area contributed by atoms with Crippen molar-refractivity contribution in [2.24, 2.45) is 0 Å². The van der Waals surface area contributed by atoms with Crippen molar-refractivity contribution in [3.63, 3.8) is 0 Å². The number of methoxy groups -OCH3 is 1. The summed E-state index contributed by atoms with van der Waals surface area (Å²) in [6.45, 7) is 0. The summed E-state index contributed by atoms with van der Waals surface area (Å²) < 4.78 is 40.9. The van der Waals surface area contributed by atoms with Crippen molar-refractivity contribution in [1.82, 2.24) is 10.3 Å². The molecule has 1 aromatic rings.